The Morgan fingerprint density at radius 2 is 2.10 bits per heavy atom. The van der Waals surface area contributed by atoms with Crippen LogP contribution in [0.4, 0.5) is 10.1 Å². The zero-order chi connectivity index (χ0) is 15.1. The SMILES string of the molecule is CC[C@H](Br)C(=O)NCCC(=O)Nc1ccc(F)c(C)c1. The summed E-state index contributed by atoms with van der Waals surface area (Å²) < 4.78 is 13.1. The fraction of sp³-hybridized carbons (Fsp3) is 0.429. The number of anilines is 1. The highest BCUT2D eigenvalue weighted by atomic mass is 79.9. The molecule has 0 aromatic heterocycles. The number of hydrogen-bond acceptors (Lipinski definition) is 2. The minimum absolute atomic E-state index is 0.127. The van der Waals surface area contributed by atoms with Gasteiger partial charge in [-0.3, -0.25) is 9.59 Å². The molecular weight excluding hydrogens is 327 g/mol. The largest absolute Gasteiger partial charge is 0.355 e. The molecule has 0 aliphatic rings. The van der Waals surface area contributed by atoms with Gasteiger partial charge in [-0.05, 0) is 37.1 Å². The van der Waals surface area contributed by atoms with Crippen molar-refractivity contribution < 1.29 is 14.0 Å². The maximum atomic E-state index is 13.1. The Hall–Kier alpha value is -1.43. The van der Waals surface area contributed by atoms with E-state index < -0.39 is 0 Å². The van der Waals surface area contributed by atoms with Crippen molar-refractivity contribution in [2.45, 2.75) is 31.5 Å². The molecule has 1 aromatic carbocycles. The number of nitrogens with one attached hydrogen (secondary N) is 2. The van der Waals surface area contributed by atoms with Crippen molar-refractivity contribution in [3.05, 3.63) is 29.6 Å². The van der Waals surface area contributed by atoms with Crippen LogP contribution in [0.1, 0.15) is 25.3 Å². The van der Waals surface area contributed by atoms with Crippen molar-refractivity contribution >= 4 is 33.4 Å². The van der Waals surface area contributed by atoms with Crippen molar-refractivity contribution in [3.8, 4) is 0 Å². The van der Waals surface area contributed by atoms with Gasteiger partial charge in [-0.25, -0.2) is 4.39 Å². The first kappa shape index (κ1) is 16.6. The molecule has 0 saturated carbocycles. The number of aryl methyl sites for hydroxylation is 1. The van der Waals surface area contributed by atoms with Crippen LogP contribution in [0.25, 0.3) is 0 Å². The standard InChI is InChI=1S/C14H18BrFN2O2/c1-3-11(15)14(20)17-7-6-13(19)18-10-4-5-12(16)9(2)8-10/h4-5,8,11H,3,6-7H2,1-2H3,(H,17,20)(H,18,19)/t11-/m0/s1. The van der Waals surface area contributed by atoms with Crippen LogP contribution in [0.2, 0.25) is 0 Å². The molecular formula is C14H18BrFN2O2. The van der Waals surface area contributed by atoms with Gasteiger partial charge in [0.2, 0.25) is 11.8 Å². The first-order valence-electron chi connectivity index (χ1n) is 6.41. The second-order valence-electron chi connectivity index (χ2n) is 4.43. The van der Waals surface area contributed by atoms with Gasteiger partial charge < -0.3 is 10.6 Å². The monoisotopic (exact) mass is 344 g/mol. The number of amides is 2. The lowest BCUT2D eigenvalue weighted by atomic mass is 10.2. The summed E-state index contributed by atoms with van der Waals surface area (Å²) in [4.78, 5) is 22.9. The van der Waals surface area contributed by atoms with Gasteiger partial charge in [0.25, 0.3) is 0 Å². The molecule has 6 heteroatoms. The van der Waals surface area contributed by atoms with Crippen LogP contribution in [-0.2, 0) is 9.59 Å². The molecule has 1 rings (SSSR count). The fourth-order valence-electron chi connectivity index (χ4n) is 1.54. The number of alkyl halides is 1. The minimum Gasteiger partial charge on any atom is -0.355 e. The second-order valence-corrected chi connectivity index (χ2v) is 5.53. The summed E-state index contributed by atoms with van der Waals surface area (Å²) in [5.74, 6) is -0.657. The fourth-order valence-corrected chi connectivity index (χ4v) is 1.70. The van der Waals surface area contributed by atoms with E-state index in [2.05, 4.69) is 26.6 Å². The molecule has 0 unspecified atom stereocenters. The minimum atomic E-state index is -0.307. The Bertz CT molecular complexity index is 494. The Morgan fingerprint density at radius 3 is 2.70 bits per heavy atom. The predicted octanol–water partition coefficient (Wildman–Crippen LogP) is 2.75. The van der Waals surface area contributed by atoms with Crippen LogP contribution in [0.15, 0.2) is 18.2 Å². The van der Waals surface area contributed by atoms with E-state index in [1.54, 1.807) is 13.0 Å². The van der Waals surface area contributed by atoms with Gasteiger partial charge in [-0.1, -0.05) is 22.9 Å². The topological polar surface area (TPSA) is 58.2 Å². The number of hydrogen-bond donors (Lipinski definition) is 2. The van der Waals surface area contributed by atoms with E-state index >= 15 is 0 Å². The van der Waals surface area contributed by atoms with Crippen LogP contribution in [0.5, 0.6) is 0 Å². The Morgan fingerprint density at radius 1 is 1.40 bits per heavy atom. The van der Waals surface area contributed by atoms with Crippen molar-refractivity contribution in [2.75, 3.05) is 11.9 Å². The average Bonchev–Trinajstić information content (AvgIpc) is 2.41. The maximum Gasteiger partial charge on any atom is 0.233 e. The van der Waals surface area contributed by atoms with Crippen molar-refractivity contribution in [3.63, 3.8) is 0 Å². The van der Waals surface area contributed by atoms with E-state index in [-0.39, 0.29) is 35.4 Å². The molecule has 0 spiro atoms. The maximum absolute atomic E-state index is 13.1. The van der Waals surface area contributed by atoms with E-state index in [4.69, 9.17) is 0 Å². The second kappa shape index (κ2) is 7.99. The highest BCUT2D eigenvalue weighted by Gasteiger charge is 2.12. The molecule has 0 fully saturated rings. The van der Waals surface area contributed by atoms with Gasteiger partial charge >= 0.3 is 0 Å². The molecule has 0 heterocycles. The summed E-state index contributed by atoms with van der Waals surface area (Å²) in [7, 11) is 0. The Balaban J connectivity index is 2.37. The smallest absolute Gasteiger partial charge is 0.233 e. The Kier molecular flexibility index (Phi) is 6.64. The van der Waals surface area contributed by atoms with E-state index in [0.717, 1.165) is 0 Å². The molecule has 4 nitrogen and oxygen atoms in total. The molecule has 0 radical (unpaired) electrons. The number of carbonyl (C=O) groups excluding carboxylic acids is 2. The Labute approximate surface area is 126 Å². The number of carbonyl (C=O) groups is 2. The van der Waals surface area contributed by atoms with Crippen molar-refractivity contribution in [2.24, 2.45) is 0 Å². The quantitative estimate of drug-likeness (QED) is 0.779. The lowest BCUT2D eigenvalue weighted by Gasteiger charge is -2.09. The molecule has 2 N–H and O–H groups in total. The number of benzene rings is 1. The zero-order valence-corrected chi connectivity index (χ0v) is 13.1. The van der Waals surface area contributed by atoms with Crippen molar-refractivity contribution in [1.82, 2.24) is 5.32 Å². The molecule has 0 aliphatic heterocycles. The van der Waals surface area contributed by atoms with Gasteiger partial charge in [0, 0.05) is 18.7 Å². The summed E-state index contributed by atoms with van der Waals surface area (Å²) >= 11 is 3.23. The molecule has 1 aromatic rings. The molecule has 0 saturated heterocycles. The highest BCUT2D eigenvalue weighted by Crippen LogP contribution is 2.13. The van der Waals surface area contributed by atoms with E-state index in [1.807, 2.05) is 6.92 Å². The number of halogens is 2. The summed E-state index contributed by atoms with van der Waals surface area (Å²) in [5, 5.41) is 5.32. The van der Waals surface area contributed by atoms with Crippen LogP contribution < -0.4 is 10.6 Å². The first-order chi connectivity index (χ1) is 9.43. The molecule has 0 aliphatic carbocycles. The first-order valence-corrected chi connectivity index (χ1v) is 7.33. The highest BCUT2D eigenvalue weighted by molar-refractivity contribution is 9.10. The lowest BCUT2D eigenvalue weighted by molar-refractivity contribution is -0.120. The number of rotatable bonds is 6. The van der Waals surface area contributed by atoms with E-state index in [9.17, 15) is 14.0 Å². The van der Waals surface area contributed by atoms with Gasteiger partial charge in [0.1, 0.15) is 5.82 Å². The third-order valence-electron chi connectivity index (χ3n) is 2.74. The third kappa shape index (κ3) is 5.28. The lowest BCUT2D eigenvalue weighted by Crippen LogP contribution is -2.33. The molecule has 0 bridgehead atoms. The average molecular weight is 345 g/mol. The zero-order valence-electron chi connectivity index (χ0n) is 11.5. The molecule has 20 heavy (non-hydrogen) atoms. The van der Waals surface area contributed by atoms with Crippen LogP contribution in [-0.4, -0.2) is 23.2 Å². The molecule has 2 amide bonds. The third-order valence-corrected chi connectivity index (χ3v) is 3.80. The van der Waals surface area contributed by atoms with Crippen LogP contribution in [0, 0.1) is 12.7 Å². The van der Waals surface area contributed by atoms with Crippen molar-refractivity contribution in [1.29, 1.82) is 0 Å². The summed E-state index contributed by atoms with van der Waals surface area (Å²) in [6.07, 6.45) is 0.860. The molecule has 110 valence electrons. The van der Waals surface area contributed by atoms with Crippen LogP contribution >= 0.6 is 15.9 Å². The van der Waals surface area contributed by atoms with Gasteiger partial charge in [0.15, 0.2) is 0 Å². The summed E-state index contributed by atoms with van der Waals surface area (Å²) in [6.45, 7) is 3.79. The van der Waals surface area contributed by atoms with Crippen LogP contribution in [0.3, 0.4) is 0 Å². The summed E-state index contributed by atoms with van der Waals surface area (Å²) in [5.41, 5.74) is 1.02. The van der Waals surface area contributed by atoms with Gasteiger partial charge in [-0.2, -0.15) is 0 Å². The normalized spacial score (nSPS) is 11.8. The molecule has 1 atom stereocenters. The predicted molar refractivity (Wildman–Crippen MR) is 80.4 cm³/mol. The van der Waals surface area contributed by atoms with Gasteiger partial charge in [-0.15, -0.1) is 0 Å². The summed E-state index contributed by atoms with van der Waals surface area (Å²) in [6, 6.07) is 4.38. The van der Waals surface area contributed by atoms with E-state index in [0.29, 0.717) is 17.7 Å². The van der Waals surface area contributed by atoms with Gasteiger partial charge in [0.05, 0.1) is 4.83 Å². The van der Waals surface area contributed by atoms with E-state index in [1.165, 1.54) is 12.1 Å².